The summed E-state index contributed by atoms with van der Waals surface area (Å²) in [6.07, 6.45) is -0.344. The van der Waals surface area contributed by atoms with Gasteiger partial charge < -0.3 is 9.64 Å². The summed E-state index contributed by atoms with van der Waals surface area (Å²) in [5.41, 5.74) is 4.45. The molecule has 0 fully saturated rings. The highest BCUT2D eigenvalue weighted by Crippen LogP contribution is 2.35. The van der Waals surface area contributed by atoms with E-state index in [0.717, 1.165) is 11.1 Å². The topological polar surface area (TPSA) is 102 Å². The number of ether oxygens (including phenoxy) is 1. The average Bonchev–Trinajstić information content (AvgIpc) is 2.53. The molecule has 7 heteroatoms. The lowest BCUT2D eigenvalue weighted by Gasteiger charge is -2.40. The van der Waals surface area contributed by atoms with Crippen molar-refractivity contribution in [1.29, 1.82) is 10.5 Å². The first-order valence-electron chi connectivity index (χ1n) is 8.31. The second kappa shape index (κ2) is 7.05. The van der Waals surface area contributed by atoms with Crippen LogP contribution in [0.2, 0.25) is 0 Å². The van der Waals surface area contributed by atoms with Crippen LogP contribution in [0.1, 0.15) is 45.7 Å². The van der Waals surface area contributed by atoms with Crippen LogP contribution in [0.3, 0.4) is 0 Å². The summed E-state index contributed by atoms with van der Waals surface area (Å²) in [6, 6.07) is 9.11. The summed E-state index contributed by atoms with van der Waals surface area (Å²) < 4.78 is 5.50. The average molecular weight is 353 g/mol. The van der Waals surface area contributed by atoms with Gasteiger partial charge in [0, 0.05) is 18.5 Å². The summed E-state index contributed by atoms with van der Waals surface area (Å²) in [5, 5.41) is 21.3. The Morgan fingerprint density at radius 1 is 1.31 bits per heavy atom. The van der Waals surface area contributed by atoms with Crippen molar-refractivity contribution in [2.45, 2.75) is 52.2 Å². The fourth-order valence-electron chi connectivity index (χ4n) is 2.93. The van der Waals surface area contributed by atoms with E-state index in [9.17, 15) is 4.79 Å². The Morgan fingerprint density at radius 2 is 1.96 bits per heavy atom. The molecule has 1 N–H and O–H groups in total. The van der Waals surface area contributed by atoms with Gasteiger partial charge in [-0.25, -0.2) is 4.79 Å². The van der Waals surface area contributed by atoms with Crippen LogP contribution >= 0.6 is 0 Å². The van der Waals surface area contributed by atoms with Crippen LogP contribution in [0.15, 0.2) is 23.3 Å². The van der Waals surface area contributed by atoms with Gasteiger partial charge in [0.25, 0.3) is 0 Å². The number of carbonyl (C=O) groups excluding carboxylic acids is 1. The van der Waals surface area contributed by atoms with E-state index in [2.05, 4.69) is 24.4 Å². The molecule has 1 aromatic carbocycles. The zero-order chi connectivity index (χ0) is 19.5. The van der Waals surface area contributed by atoms with E-state index in [4.69, 9.17) is 15.3 Å². The van der Waals surface area contributed by atoms with E-state index >= 15 is 0 Å². The summed E-state index contributed by atoms with van der Waals surface area (Å²) >= 11 is 0. The molecule has 0 aromatic heterocycles. The SMILES string of the molecule is CC(C)(C)OC(=O)N1Cc2cc(NN=C(C#N)C#N)ccc2C(C)(C)C1. The highest BCUT2D eigenvalue weighted by Gasteiger charge is 2.35. The van der Waals surface area contributed by atoms with E-state index in [0.29, 0.717) is 18.8 Å². The number of benzene rings is 1. The number of fused-ring (bicyclic) bond motifs is 1. The second-order valence-electron chi connectivity index (χ2n) is 7.89. The molecular weight excluding hydrogens is 330 g/mol. The van der Waals surface area contributed by atoms with Gasteiger partial charge in [-0.05, 0) is 44.0 Å². The maximum Gasteiger partial charge on any atom is 0.410 e. The van der Waals surface area contributed by atoms with Crippen LogP contribution in [0.5, 0.6) is 0 Å². The monoisotopic (exact) mass is 353 g/mol. The molecule has 0 saturated carbocycles. The largest absolute Gasteiger partial charge is 0.444 e. The number of nitrogens with one attached hydrogen (secondary N) is 1. The molecule has 0 saturated heterocycles. The van der Waals surface area contributed by atoms with Crippen LogP contribution < -0.4 is 5.43 Å². The Balaban J connectivity index is 2.28. The first-order chi connectivity index (χ1) is 12.1. The molecule has 0 unspecified atom stereocenters. The van der Waals surface area contributed by atoms with Crippen molar-refractivity contribution in [3.05, 3.63) is 29.3 Å². The predicted octanol–water partition coefficient (Wildman–Crippen LogP) is 3.53. The number of hydrazone groups is 1. The smallest absolute Gasteiger partial charge is 0.410 e. The van der Waals surface area contributed by atoms with Crippen molar-refractivity contribution in [3.8, 4) is 12.1 Å². The number of anilines is 1. The van der Waals surface area contributed by atoms with E-state index in [1.54, 1.807) is 17.0 Å². The Kier molecular flexibility index (Phi) is 5.22. The van der Waals surface area contributed by atoms with Crippen molar-refractivity contribution in [2.75, 3.05) is 12.0 Å². The Hall–Kier alpha value is -3.06. The third-order valence-corrected chi connectivity index (χ3v) is 3.94. The fourth-order valence-corrected chi connectivity index (χ4v) is 2.93. The normalized spacial score (nSPS) is 15.1. The van der Waals surface area contributed by atoms with Gasteiger partial charge >= 0.3 is 6.09 Å². The lowest BCUT2D eigenvalue weighted by atomic mass is 9.78. The quantitative estimate of drug-likeness (QED) is 0.647. The molecule has 1 aliphatic heterocycles. The molecule has 1 aliphatic rings. The number of rotatable bonds is 2. The zero-order valence-corrected chi connectivity index (χ0v) is 15.8. The number of amides is 1. The molecule has 1 heterocycles. The third-order valence-electron chi connectivity index (χ3n) is 3.94. The number of hydrogen-bond donors (Lipinski definition) is 1. The number of carbonyl (C=O) groups is 1. The summed E-state index contributed by atoms with van der Waals surface area (Å²) in [6.45, 7) is 10.7. The van der Waals surface area contributed by atoms with Gasteiger partial charge in [-0.3, -0.25) is 5.43 Å². The van der Waals surface area contributed by atoms with Crippen molar-refractivity contribution < 1.29 is 9.53 Å². The minimum Gasteiger partial charge on any atom is -0.444 e. The second-order valence-corrected chi connectivity index (χ2v) is 7.89. The van der Waals surface area contributed by atoms with Crippen molar-refractivity contribution >= 4 is 17.5 Å². The fraction of sp³-hybridized carbons (Fsp3) is 0.474. The van der Waals surface area contributed by atoms with Crippen LogP contribution in [0.4, 0.5) is 10.5 Å². The third kappa shape index (κ3) is 4.52. The van der Waals surface area contributed by atoms with Crippen molar-refractivity contribution in [3.63, 3.8) is 0 Å². The van der Waals surface area contributed by atoms with Gasteiger partial charge in [-0.15, -0.1) is 0 Å². The predicted molar refractivity (Wildman–Crippen MR) is 98.4 cm³/mol. The van der Waals surface area contributed by atoms with Gasteiger partial charge in [-0.1, -0.05) is 19.9 Å². The Morgan fingerprint density at radius 3 is 2.54 bits per heavy atom. The van der Waals surface area contributed by atoms with Gasteiger partial charge in [-0.2, -0.15) is 15.6 Å². The standard InChI is InChI=1S/C19H23N5O2/c1-18(2,3)26-17(25)24-11-13-8-14(22-23-15(9-20)10-21)6-7-16(13)19(4,5)12-24/h6-8,22H,11-12H2,1-5H3. The first kappa shape index (κ1) is 19.3. The minimum atomic E-state index is -0.551. The lowest BCUT2D eigenvalue weighted by molar-refractivity contribution is 0.0174. The maximum absolute atomic E-state index is 12.5. The van der Waals surface area contributed by atoms with Gasteiger partial charge in [0.15, 0.2) is 0 Å². The highest BCUT2D eigenvalue weighted by atomic mass is 16.6. The van der Waals surface area contributed by atoms with Gasteiger partial charge in [0.05, 0.1) is 5.69 Å². The van der Waals surface area contributed by atoms with Crippen LogP contribution in [-0.2, 0) is 16.7 Å². The molecule has 0 radical (unpaired) electrons. The molecular formula is C19H23N5O2. The van der Waals surface area contributed by atoms with Crippen LogP contribution in [0.25, 0.3) is 0 Å². The number of nitrogens with zero attached hydrogens (tertiary/aromatic N) is 4. The molecule has 2 rings (SSSR count). The van der Waals surface area contributed by atoms with Crippen molar-refractivity contribution in [2.24, 2.45) is 5.10 Å². The summed E-state index contributed by atoms with van der Waals surface area (Å²) in [7, 11) is 0. The molecule has 136 valence electrons. The maximum atomic E-state index is 12.5. The van der Waals surface area contributed by atoms with E-state index < -0.39 is 5.60 Å². The molecule has 26 heavy (non-hydrogen) atoms. The van der Waals surface area contributed by atoms with E-state index in [1.807, 2.05) is 39.0 Å². The van der Waals surface area contributed by atoms with Gasteiger partial charge in [0.2, 0.25) is 5.71 Å². The van der Waals surface area contributed by atoms with Crippen molar-refractivity contribution in [1.82, 2.24) is 4.90 Å². The molecule has 0 bridgehead atoms. The minimum absolute atomic E-state index is 0.225. The summed E-state index contributed by atoms with van der Waals surface area (Å²) in [4.78, 5) is 14.2. The van der Waals surface area contributed by atoms with Crippen LogP contribution in [0, 0.1) is 22.7 Å². The number of hydrogen-bond acceptors (Lipinski definition) is 6. The first-order valence-corrected chi connectivity index (χ1v) is 8.31. The number of nitriles is 2. The highest BCUT2D eigenvalue weighted by molar-refractivity contribution is 6.10. The summed E-state index contributed by atoms with van der Waals surface area (Å²) in [5.74, 6) is 0. The molecule has 0 spiro atoms. The zero-order valence-electron chi connectivity index (χ0n) is 15.8. The molecule has 1 aromatic rings. The molecule has 0 aliphatic carbocycles. The Labute approximate surface area is 153 Å². The van der Waals surface area contributed by atoms with Crippen LogP contribution in [-0.4, -0.2) is 28.9 Å². The molecule has 1 amide bonds. The van der Waals surface area contributed by atoms with E-state index in [1.165, 1.54) is 0 Å². The molecule has 7 nitrogen and oxygen atoms in total. The van der Waals surface area contributed by atoms with E-state index in [-0.39, 0.29) is 17.2 Å². The lowest BCUT2D eigenvalue weighted by Crippen LogP contribution is -2.46. The van der Waals surface area contributed by atoms with Gasteiger partial charge in [0.1, 0.15) is 17.7 Å². The Bertz CT molecular complexity index is 806. The molecule has 0 atom stereocenters.